The highest BCUT2D eigenvalue weighted by Gasteiger charge is 2.29. The second-order valence-electron chi connectivity index (χ2n) is 6.68. The highest BCUT2D eigenvalue weighted by molar-refractivity contribution is 5.38. The number of hydrogen-bond donors (Lipinski definition) is 2. The molecule has 1 aliphatic carbocycles. The number of aromatic nitrogens is 3. The number of nitrogens with two attached hydrogens (primary N) is 1. The lowest BCUT2D eigenvalue weighted by Crippen LogP contribution is -2.35. The maximum Gasteiger partial charge on any atom is 0.156 e. The van der Waals surface area contributed by atoms with Gasteiger partial charge in [-0.3, -0.25) is 0 Å². The van der Waals surface area contributed by atoms with E-state index in [0.717, 1.165) is 35.8 Å². The number of nitrogens with one attached hydrogen (secondary N) is 1. The molecule has 0 atom stereocenters. The average Bonchev–Trinajstić information content (AvgIpc) is 2.99. The quantitative estimate of drug-likeness (QED) is 0.804. The molecule has 2 aromatic heterocycles. The van der Waals surface area contributed by atoms with Crippen molar-refractivity contribution >= 4 is 5.82 Å². The summed E-state index contributed by atoms with van der Waals surface area (Å²) in [4.78, 5) is 9.10. The van der Waals surface area contributed by atoms with Gasteiger partial charge in [0.1, 0.15) is 23.9 Å². The molecule has 3 N–H and O–H groups in total. The molecule has 2 heterocycles. The Labute approximate surface area is 142 Å². The third kappa shape index (κ3) is 3.91. The van der Waals surface area contributed by atoms with Crippen LogP contribution < -0.4 is 11.1 Å². The van der Waals surface area contributed by atoms with Gasteiger partial charge in [0.25, 0.3) is 0 Å². The van der Waals surface area contributed by atoms with Crippen molar-refractivity contribution in [2.45, 2.75) is 57.7 Å². The second-order valence-corrected chi connectivity index (χ2v) is 6.68. The fourth-order valence-electron chi connectivity index (χ4n) is 2.78. The first-order valence-electron chi connectivity index (χ1n) is 8.37. The summed E-state index contributed by atoms with van der Waals surface area (Å²) in [5.41, 5.74) is 7.79. The lowest BCUT2D eigenvalue weighted by Gasteiger charge is -2.32. The first-order valence-corrected chi connectivity index (χ1v) is 8.37. The van der Waals surface area contributed by atoms with Crippen molar-refractivity contribution in [3.63, 3.8) is 0 Å². The normalized spacial score (nSPS) is 20.2. The Bertz CT molecular complexity index is 679. The average molecular weight is 331 g/mol. The molecule has 0 saturated heterocycles. The maximum atomic E-state index is 5.90. The highest BCUT2D eigenvalue weighted by atomic mass is 16.5. The summed E-state index contributed by atoms with van der Waals surface area (Å²) >= 11 is 0. The van der Waals surface area contributed by atoms with Gasteiger partial charge in [-0.15, -0.1) is 0 Å². The molecule has 1 aliphatic rings. The van der Waals surface area contributed by atoms with E-state index in [1.807, 2.05) is 12.1 Å². The standard InChI is InChI=1S/C17H25N5O2/c1-10(2)15-6-13(22-24-15)8-19-16-7-14(11-4-12(18)5-11)20-17(21-16)9-23-3/h6-7,10-12H,4-5,8-9,18H2,1-3H3,(H,19,20,21). The van der Waals surface area contributed by atoms with Crippen molar-refractivity contribution in [3.05, 3.63) is 35.1 Å². The number of hydrogen-bond acceptors (Lipinski definition) is 7. The Morgan fingerprint density at radius 3 is 2.75 bits per heavy atom. The van der Waals surface area contributed by atoms with Crippen LogP contribution in [0.1, 0.15) is 61.5 Å². The Morgan fingerprint density at radius 2 is 2.12 bits per heavy atom. The SMILES string of the molecule is COCc1nc(NCc2cc(C(C)C)on2)cc(C2CC(N)C2)n1. The monoisotopic (exact) mass is 331 g/mol. The minimum atomic E-state index is 0.289. The van der Waals surface area contributed by atoms with Crippen LogP contribution in [-0.4, -0.2) is 28.3 Å². The van der Waals surface area contributed by atoms with Gasteiger partial charge in [-0.1, -0.05) is 19.0 Å². The van der Waals surface area contributed by atoms with Crippen LogP contribution in [0.15, 0.2) is 16.7 Å². The molecule has 0 aliphatic heterocycles. The maximum absolute atomic E-state index is 5.90. The van der Waals surface area contributed by atoms with Crippen molar-refractivity contribution in [3.8, 4) is 0 Å². The van der Waals surface area contributed by atoms with Crippen LogP contribution in [-0.2, 0) is 17.9 Å². The van der Waals surface area contributed by atoms with Gasteiger partial charge in [0.2, 0.25) is 0 Å². The van der Waals surface area contributed by atoms with Crippen molar-refractivity contribution in [1.29, 1.82) is 0 Å². The molecular weight excluding hydrogens is 306 g/mol. The van der Waals surface area contributed by atoms with Gasteiger partial charge >= 0.3 is 0 Å². The Morgan fingerprint density at radius 1 is 1.33 bits per heavy atom. The molecule has 0 unspecified atom stereocenters. The zero-order valence-corrected chi connectivity index (χ0v) is 14.5. The number of rotatable bonds is 7. The van der Waals surface area contributed by atoms with E-state index < -0.39 is 0 Å². The number of nitrogens with zero attached hydrogens (tertiary/aromatic N) is 3. The molecule has 0 bridgehead atoms. The van der Waals surface area contributed by atoms with Crippen LogP contribution in [0, 0.1) is 0 Å². The molecule has 1 fully saturated rings. The summed E-state index contributed by atoms with van der Waals surface area (Å²) in [5, 5.41) is 7.39. The molecule has 1 saturated carbocycles. The smallest absolute Gasteiger partial charge is 0.156 e. The Kier molecular flexibility index (Phi) is 5.11. The summed E-state index contributed by atoms with van der Waals surface area (Å²) < 4.78 is 10.5. The molecule has 0 aromatic carbocycles. The zero-order valence-electron chi connectivity index (χ0n) is 14.5. The van der Waals surface area contributed by atoms with Gasteiger partial charge in [-0.2, -0.15) is 0 Å². The summed E-state index contributed by atoms with van der Waals surface area (Å²) in [6, 6.07) is 4.26. The minimum Gasteiger partial charge on any atom is -0.377 e. The van der Waals surface area contributed by atoms with Crippen LogP contribution in [0.4, 0.5) is 5.82 Å². The lowest BCUT2D eigenvalue weighted by molar-refractivity contribution is 0.177. The highest BCUT2D eigenvalue weighted by Crippen LogP contribution is 2.35. The molecule has 7 heteroatoms. The number of ether oxygens (including phenoxy) is 1. The van der Waals surface area contributed by atoms with Crippen LogP contribution in [0.3, 0.4) is 0 Å². The molecule has 7 nitrogen and oxygen atoms in total. The fraction of sp³-hybridized carbons (Fsp3) is 0.588. The van der Waals surface area contributed by atoms with E-state index in [4.69, 9.17) is 15.0 Å². The van der Waals surface area contributed by atoms with Gasteiger partial charge in [0.05, 0.1) is 6.54 Å². The summed E-state index contributed by atoms with van der Waals surface area (Å²) in [5.74, 6) is 3.09. The first kappa shape index (κ1) is 16.9. The van der Waals surface area contributed by atoms with Gasteiger partial charge in [-0.05, 0) is 12.8 Å². The molecule has 3 rings (SSSR count). The summed E-state index contributed by atoms with van der Waals surface area (Å²) in [6.45, 7) is 5.11. The summed E-state index contributed by atoms with van der Waals surface area (Å²) in [6.07, 6.45) is 1.95. The molecule has 130 valence electrons. The van der Waals surface area contributed by atoms with Crippen LogP contribution in [0.2, 0.25) is 0 Å². The second kappa shape index (κ2) is 7.27. The molecule has 0 spiro atoms. The van der Waals surface area contributed by atoms with Gasteiger partial charge in [0.15, 0.2) is 5.82 Å². The van der Waals surface area contributed by atoms with Crippen molar-refractivity contribution in [2.24, 2.45) is 5.73 Å². The van der Waals surface area contributed by atoms with E-state index in [9.17, 15) is 0 Å². The van der Waals surface area contributed by atoms with Crippen LogP contribution in [0.5, 0.6) is 0 Å². The van der Waals surface area contributed by atoms with Gasteiger partial charge in [-0.25, -0.2) is 9.97 Å². The van der Waals surface area contributed by atoms with E-state index in [-0.39, 0.29) is 6.04 Å². The molecule has 2 aromatic rings. The van der Waals surface area contributed by atoms with E-state index in [1.165, 1.54) is 0 Å². The van der Waals surface area contributed by atoms with Gasteiger partial charge in [0, 0.05) is 42.8 Å². The first-order chi connectivity index (χ1) is 11.5. The van der Waals surface area contributed by atoms with Crippen molar-refractivity contribution in [1.82, 2.24) is 15.1 Å². The molecule has 24 heavy (non-hydrogen) atoms. The predicted octanol–water partition coefficient (Wildman–Crippen LogP) is 2.55. The van der Waals surface area contributed by atoms with Crippen LogP contribution in [0.25, 0.3) is 0 Å². The largest absolute Gasteiger partial charge is 0.377 e. The van der Waals surface area contributed by atoms with E-state index in [1.54, 1.807) is 7.11 Å². The zero-order chi connectivity index (χ0) is 17.1. The molecule has 0 amide bonds. The Balaban J connectivity index is 1.71. The van der Waals surface area contributed by atoms with Crippen molar-refractivity contribution in [2.75, 3.05) is 12.4 Å². The van der Waals surface area contributed by atoms with Crippen molar-refractivity contribution < 1.29 is 9.26 Å². The summed E-state index contributed by atoms with van der Waals surface area (Å²) in [7, 11) is 1.64. The van der Waals surface area contributed by atoms with Gasteiger partial charge < -0.3 is 20.3 Å². The molecular formula is C17H25N5O2. The van der Waals surface area contributed by atoms with E-state index in [2.05, 4.69) is 34.3 Å². The fourth-order valence-corrected chi connectivity index (χ4v) is 2.78. The predicted molar refractivity (Wildman–Crippen MR) is 90.6 cm³/mol. The lowest BCUT2D eigenvalue weighted by atomic mass is 9.78. The van der Waals surface area contributed by atoms with E-state index >= 15 is 0 Å². The van der Waals surface area contributed by atoms with Crippen LogP contribution >= 0.6 is 0 Å². The number of anilines is 1. The number of methoxy groups -OCH3 is 1. The topological polar surface area (TPSA) is 99.1 Å². The third-order valence-electron chi connectivity index (χ3n) is 4.26. The Hall–Kier alpha value is -1.99. The van der Waals surface area contributed by atoms with E-state index in [0.29, 0.717) is 30.8 Å². The third-order valence-corrected chi connectivity index (χ3v) is 4.26. The minimum absolute atomic E-state index is 0.289. The molecule has 0 radical (unpaired) electrons.